The summed E-state index contributed by atoms with van der Waals surface area (Å²) in [6, 6.07) is 4.35. The Balaban J connectivity index is 2.81. The number of hydrogen-bond acceptors (Lipinski definition) is 1. The normalized spacial score (nSPS) is 11.5. The van der Waals surface area contributed by atoms with E-state index in [2.05, 4.69) is 42.9 Å². The number of rotatable bonds is 1. The average Bonchev–Trinajstić information content (AvgIpc) is 2.47. The molecule has 1 N–H and O–H groups in total. The minimum absolute atomic E-state index is 0.540. The van der Waals surface area contributed by atoms with Crippen LogP contribution in [0.3, 0.4) is 0 Å². The molecule has 1 aromatic carbocycles. The molecule has 0 amide bonds. The number of H-pyrrole nitrogens is 1. The van der Waals surface area contributed by atoms with Gasteiger partial charge in [-0.25, -0.2) is 4.98 Å². The van der Waals surface area contributed by atoms with Gasteiger partial charge in [-0.3, -0.25) is 0 Å². The smallest absolute Gasteiger partial charge is 0.104 e. The molecule has 1 heterocycles. The van der Waals surface area contributed by atoms with Crippen LogP contribution in [0.2, 0.25) is 0 Å². The van der Waals surface area contributed by atoms with Crippen molar-refractivity contribution in [3.05, 3.63) is 29.1 Å². The van der Waals surface area contributed by atoms with Crippen LogP contribution in [0.1, 0.15) is 36.7 Å². The molecule has 0 bridgehead atoms. The number of benzene rings is 1. The molecule has 0 fully saturated rings. The summed E-state index contributed by atoms with van der Waals surface area (Å²) in [5.74, 6) is 1.54. The fourth-order valence-electron chi connectivity index (χ4n) is 1.84. The molecule has 1 aromatic heterocycles. The summed E-state index contributed by atoms with van der Waals surface area (Å²) in [6.45, 7) is 8.52. The summed E-state index contributed by atoms with van der Waals surface area (Å²) < 4.78 is 0. The van der Waals surface area contributed by atoms with Crippen molar-refractivity contribution in [3.63, 3.8) is 0 Å². The van der Waals surface area contributed by atoms with Crippen LogP contribution in [0, 0.1) is 13.8 Å². The van der Waals surface area contributed by atoms with Gasteiger partial charge in [0.1, 0.15) is 5.82 Å². The van der Waals surface area contributed by atoms with E-state index in [9.17, 15) is 0 Å². The second kappa shape index (κ2) is 3.12. The number of aryl methyl sites for hydroxylation is 2. The van der Waals surface area contributed by atoms with Crippen LogP contribution in [0.4, 0.5) is 0 Å². The lowest BCUT2D eigenvalue weighted by molar-refractivity contribution is 0.873. The summed E-state index contributed by atoms with van der Waals surface area (Å²) in [4.78, 5) is 7.84. The summed E-state index contributed by atoms with van der Waals surface area (Å²) in [6.07, 6.45) is 0. The van der Waals surface area contributed by atoms with E-state index in [1.807, 2.05) is 6.92 Å². The highest BCUT2D eigenvalue weighted by Crippen LogP contribution is 2.25. The third-order valence-corrected chi connectivity index (χ3v) is 2.62. The van der Waals surface area contributed by atoms with Gasteiger partial charge in [-0.05, 0) is 30.9 Å². The van der Waals surface area contributed by atoms with Crippen LogP contribution >= 0.6 is 0 Å². The second-order valence-corrected chi connectivity index (χ2v) is 4.17. The van der Waals surface area contributed by atoms with Crippen molar-refractivity contribution in [1.82, 2.24) is 9.97 Å². The van der Waals surface area contributed by atoms with Gasteiger partial charge >= 0.3 is 0 Å². The van der Waals surface area contributed by atoms with E-state index in [1.54, 1.807) is 0 Å². The summed E-state index contributed by atoms with van der Waals surface area (Å²) >= 11 is 0. The lowest BCUT2D eigenvalue weighted by atomic mass is 10.00. The Kier molecular flexibility index (Phi) is 2.06. The van der Waals surface area contributed by atoms with Crippen molar-refractivity contribution < 1.29 is 0 Å². The molecule has 74 valence electrons. The number of aromatic nitrogens is 2. The van der Waals surface area contributed by atoms with Crippen molar-refractivity contribution in [2.45, 2.75) is 33.6 Å². The van der Waals surface area contributed by atoms with Crippen molar-refractivity contribution in [2.24, 2.45) is 0 Å². The molecule has 0 radical (unpaired) electrons. The van der Waals surface area contributed by atoms with Gasteiger partial charge in [0, 0.05) is 0 Å². The number of aromatic amines is 1. The number of fused-ring (bicyclic) bond motifs is 1. The zero-order valence-corrected chi connectivity index (χ0v) is 9.18. The van der Waals surface area contributed by atoms with E-state index < -0.39 is 0 Å². The Labute approximate surface area is 84.4 Å². The van der Waals surface area contributed by atoms with Crippen LogP contribution in [-0.4, -0.2) is 9.97 Å². The molecule has 0 aliphatic rings. The summed E-state index contributed by atoms with van der Waals surface area (Å²) in [5, 5.41) is 0. The Bertz CT molecular complexity index is 466. The van der Waals surface area contributed by atoms with E-state index in [1.165, 1.54) is 16.6 Å². The summed E-state index contributed by atoms with van der Waals surface area (Å²) in [5.41, 5.74) is 4.92. The molecule has 0 saturated heterocycles. The fourth-order valence-corrected chi connectivity index (χ4v) is 1.84. The minimum atomic E-state index is 0.540. The van der Waals surface area contributed by atoms with Crippen molar-refractivity contribution >= 4 is 11.0 Å². The van der Waals surface area contributed by atoms with Crippen molar-refractivity contribution in [1.29, 1.82) is 0 Å². The lowest BCUT2D eigenvalue weighted by Gasteiger charge is -2.07. The Morgan fingerprint density at radius 2 is 1.93 bits per heavy atom. The topological polar surface area (TPSA) is 28.7 Å². The van der Waals surface area contributed by atoms with E-state index >= 15 is 0 Å². The highest BCUT2D eigenvalue weighted by atomic mass is 14.9. The van der Waals surface area contributed by atoms with Gasteiger partial charge in [-0.2, -0.15) is 0 Å². The van der Waals surface area contributed by atoms with Gasteiger partial charge in [0.2, 0.25) is 0 Å². The second-order valence-electron chi connectivity index (χ2n) is 4.17. The Morgan fingerprint density at radius 1 is 1.21 bits per heavy atom. The largest absolute Gasteiger partial charge is 0.342 e. The van der Waals surface area contributed by atoms with Crippen LogP contribution < -0.4 is 0 Å². The van der Waals surface area contributed by atoms with Crippen LogP contribution in [0.25, 0.3) is 11.0 Å². The van der Waals surface area contributed by atoms with Gasteiger partial charge in [0.25, 0.3) is 0 Å². The Hall–Kier alpha value is -1.31. The first-order chi connectivity index (χ1) is 6.59. The monoisotopic (exact) mass is 188 g/mol. The van der Waals surface area contributed by atoms with Crippen LogP contribution in [0.5, 0.6) is 0 Å². The van der Waals surface area contributed by atoms with Crippen LogP contribution in [0.15, 0.2) is 12.1 Å². The predicted molar refractivity (Wildman–Crippen MR) is 59.7 cm³/mol. The van der Waals surface area contributed by atoms with E-state index in [-0.39, 0.29) is 0 Å². The molecule has 2 nitrogen and oxygen atoms in total. The quantitative estimate of drug-likeness (QED) is 0.730. The number of imidazole rings is 1. The molecule has 0 atom stereocenters. The predicted octanol–water partition coefficient (Wildman–Crippen LogP) is 3.30. The first kappa shape index (κ1) is 9.25. The van der Waals surface area contributed by atoms with Gasteiger partial charge < -0.3 is 4.98 Å². The SMILES string of the molecule is Cc1nc2c(C)ccc(C(C)C)c2[nH]1. The first-order valence-electron chi connectivity index (χ1n) is 5.05. The molecule has 14 heavy (non-hydrogen) atoms. The van der Waals surface area contributed by atoms with Gasteiger partial charge in [0.05, 0.1) is 11.0 Å². The fraction of sp³-hybridized carbons (Fsp3) is 0.417. The molecule has 0 aliphatic carbocycles. The zero-order valence-electron chi connectivity index (χ0n) is 9.18. The average molecular weight is 188 g/mol. The standard InChI is InChI=1S/C12H16N2/c1-7(2)10-6-5-8(3)11-12(10)14-9(4)13-11/h5-7H,1-4H3,(H,13,14). The number of nitrogens with one attached hydrogen (secondary N) is 1. The van der Waals surface area contributed by atoms with E-state index in [0.29, 0.717) is 5.92 Å². The summed E-state index contributed by atoms with van der Waals surface area (Å²) in [7, 11) is 0. The highest BCUT2D eigenvalue weighted by molar-refractivity contribution is 5.82. The highest BCUT2D eigenvalue weighted by Gasteiger charge is 2.09. The van der Waals surface area contributed by atoms with Crippen molar-refractivity contribution in [2.75, 3.05) is 0 Å². The van der Waals surface area contributed by atoms with E-state index in [4.69, 9.17) is 0 Å². The van der Waals surface area contributed by atoms with Gasteiger partial charge in [-0.1, -0.05) is 26.0 Å². The third-order valence-electron chi connectivity index (χ3n) is 2.62. The minimum Gasteiger partial charge on any atom is -0.342 e. The molecule has 0 spiro atoms. The third kappa shape index (κ3) is 1.31. The molecule has 0 saturated carbocycles. The molecule has 0 unspecified atom stereocenters. The van der Waals surface area contributed by atoms with Crippen molar-refractivity contribution in [3.8, 4) is 0 Å². The lowest BCUT2D eigenvalue weighted by Crippen LogP contribution is -1.90. The maximum Gasteiger partial charge on any atom is 0.104 e. The molecule has 0 aliphatic heterocycles. The Morgan fingerprint density at radius 3 is 2.57 bits per heavy atom. The number of nitrogens with zero attached hydrogens (tertiary/aromatic N) is 1. The molecular formula is C12H16N2. The first-order valence-corrected chi connectivity index (χ1v) is 5.05. The molecule has 2 aromatic rings. The maximum atomic E-state index is 4.50. The van der Waals surface area contributed by atoms with E-state index in [0.717, 1.165) is 11.3 Å². The van der Waals surface area contributed by atoms with Gasteiger partial charge in [-0.15, -0.1) is 0 Å². The maximum absolute atomic E-state index is 4.50. The molecule has 2 heteroatoms. The van der Waals surface area contributed by atoms with Crippen LogP contribution in [-0.2, 0) is 0 Å². The molecular weight excluding hydrogens is 172 g/mol. The number of hydrogen-bond donors (Lipinski definition) is 1. The van der Waals surface area contributed by atoms with Gasteiger partial charge in [0.15, 0.2) is 0 Å². The zero-order chi connectivity index (χ0) is 10.3. The molecule has 2 rings (SSSR count).